The van der Waals surface area contributed by atoms with Gasteiger partial charge in [-0.1, -0.05) is 13.0 Å². The van der Waals surface area contributed by atoms with Gasteiger partial charge >= 0.3 is 0 Å². The van der Waals surface area contributed by atoms with Crippen LogP contribution in [-0.2, 0) is 17.6 Å². The Labute approximate surface area is 115 Å². The second kappa shape index (κ2) is 7.12. The van der Waals surface area contributed by atoms with Gasteiger partial charge in [-0.05, 0) is 43.7 Å². The summed E-state index contributed by atoms with van der Waals surface area (Å²) in [5.74, 6) is 1.19. The van der Waals surface area contributed by atoms with Crippen molar-refractivity contribution in [2.75, 3.05) is 18.4 Å². The molecule has 0 aromatic carbocycles. The van der Waals surface area contributed by atoms with Crippen LogP contribution < -0.4 is 10.6 Å². The third-order valence-electron chi connectivity index (χ3n) is 3.36. The molecule has 2 rings (SSSR count). The van der Waals surface area contributed by atoms with Crippen molar-refractivity contribution >= 4 is 11.7 Å². The summed E-state index contributed by atoms with van der Waals surface area (Å²) in [5, 5.41) is 6.24. The van der Waals surface area contributed by atoms with E-state index in [0.717, 1.165) is 50.3 Å². The highest BCUT2D eigenvalue weighted by atomic mass is 16.1. The number of pyridine rings is 1. The molecule has 0 atom stereocenters. The second-order valence-electron chi connectivity index (χ2n) is 5.04. The molecular weight excluding hydrogens is 238 g/mol. The van der Waals surface area contributed by atoms with Crippen molar-refractivity contribution < 1.29 is 4.79 Å². The summed E-state index contributed by atoms with van der Waals surface area (Å²) < 4.78 is 0. The summed E-state index contributed by atoms with van der Waals surface area (Å²) in [7, 11) is 0. The van der Waals surface area contributed by atoms with Crippen molar-refractivity contribution in [3.63, 3.8) is 0 Å². The fraction of sp³-hybridized carbons (Fsp3) is 0.600. The predicted octanol–water partition coefficient (Wildman–Crippen LogP) is 2.29. The van der Waals surface area contributed by atoms with Gasteiger partial charge in [-0.3, -0.25) is 4.79 Å². The zero-order chi connectivity index (χ0) is 13.5. The van der Waals surface area contributed by atoms with Crippen LogP contribution >= 0.6 is 0 Å². The Morgan fingerprint density at radius 2 is 2.37 bits per heavy atom. The number of fused-ring (bicyclic) bond motifs is 1. The molecule has 0 aliphatic carbocycles. The van der Waals surface area contributed by atoms with Crippen LogP contribution in [0.2, 0.25) is 0 Å². The number of nitrogens with zero attached hydrogens (tertiary/aromatic N) is 1. The monoisotopic (exact) mass is 261 g/mol. The van der Waals surface area contributed by atoms with E-state index in [1.165, 1.54) is 12.0 Å². The molecule has 19 heavy (non-hydrogen) atoms. The highest BCUT2D eigenvalue weighted by Crippen LogP contribution is 2.20. The molecule has 2 N–H and O–H groups in total. The van der Waals surface area contributed by atoms with Crippen LogP contribution in [0.3, 0.4) is 0 Å². The van der Waals surface area contributed by atoms with Gasteiger partial charge in [0.2, 0.25) is 5.91 Å². The maximum Gasteiger partial charge on any atom is 0.220 e. The summed E-state index contributed by atoms with van der Waals surface area (Å²) in [6.07, 6.45) is 5.62. The molecule has 0 fully saturated rings. The zero-order valence-corrected chi connectivity index (χ0v) is 11.7. The van der Waals surface area contributed by atoms with Crippen molar-refractivity contribution in [1.29, 1.82) is 0 Å². The number of hydrogen-bond acceptors (Lipinski definition) is 3. The number of carbonyl (C=O) groups excluding carboxylic acids is 1. The topological polar surface area (TPSA) is 54.0 Å². The van der Waals surface area contributed by atoms with Gasteiger partial charge in [0.1, 0.15) is 5.82 Å². The van der Waals surface area contributed by atoms with Crippen molar-refractivity contribution in [2.24, 2.45) is 0 Å². The Morgan fingerprint density at radius 1 is 1.47 bits per heavy atom. The van der Waals surface area contributed by atoms with Gasteiger partial charge in [0.15, 0.2) is 0 Å². The molecule has 2 heterocycles. The van der Waals surface area contributed by atoms with E-state index < -0.39 is 0 Å². The molecule has 1 aliphatic heterocycles. The lowest BCUT2D eigenvalue weighted by molar-refractivity contribution is -0.121. The fourth-order valence-electron chi connectivity index (χ4n) is 2.29. The molecule has 4 heteroatoms. The second-order valence-corrected chi connectivity index (χ2v) is 5.04. The number of nitrogens with one attached hydrogen (secondary N) is 2. The third-order valence-corrected chi connectivity index (χ3v) is 3.36. The molecule has 0 saturated carbocycles. The van der Waals surface area contributed by atoms with Gasteiger partial charge in [-0.15, -0.1) is 0 Å². The number of anilines is 1. The average molecular weight is 261 g/mol. The summed E-state index contributed by atoms with van der Waals surface area (Å²) in [4.78, 5) is 16.1. The molecule has 1 aliphatic rings. The van der Waals surface area contributed by atoms with Gasteiger partial charge < -0.3 is 10.6 Å². The van der Waals surface area contributed by atoms with Crippen LogP contribution in [0.15, 0.2) is 12.1 Å². The largest absolute Gasteiger partial charge is 0.370 e. The van der Waals surface area contributed by atoms with Gasteiger partial charge in [0.25, 0.3) is 0 Å². The van der Waals surface area contributed by atoms with E-state index in [1.54, 1.807) is 0 Å². The first kappa shape index (κ1) is 13.8. The van der Waals surface area contributed by atoms with Crippen LogP contribution in [0.1, 0.15) is 43.9 Å². The Hall–Kier alpha value is -1.58. The molecule has 0 bridgehead atoms. The highest BCUT2D eigenvalue weighted by molar-refractivity contribution is 5.75. The molecule has 1 aromatic rings. The predicted molar refractivity (Wildman–Crippen MR) is 77.3 cm³/mol. The lowest BCUT2D eigenvalue weighted by Gasteiger charge is -2.17. The van der Waals surface area contributed by atoms with Crippen LogP contribution in [0.25, 0.3) is 0 Å². The first-order chi connectivity index (χ1) is 9.29. The van der Waals surface area contributed by atoms with Crippen LogP contribution in [0, 0.1) is 0 Å². The van der Waals surface area contributed by atoms with Crippen LogP contribution in [0.4, 0.5) is 5.82 Å². The number of hydrogen-bond donors (Lipinski definition) is 2. The molecule has 0 spiro atoms. The smallest absolute Gasteiger partial charge is 0.220 e. The summed E-state index contributed by atoms with van der Waals surface area (Å²) in [5.41, 5.74) is 2.40. The quantitative estimate of drug-likeness (QED) is 0.826. The Morgan fingerprint density at radius 3 is 3.21 bits per heavy atom. The van der Waals surface area contributed by atoms with Crippen molar-refractivity contribution in [3.05, 3.63) is 23.4 Å². The molecule has 1 aromatic heterocycles. The maximum atomic E-state index is 11.5. The van der Waals surface area contributed by atoms with E-state index in [0.29, 0.717) is 6.42 Å². The Balaban J connectivity index is 1.78. The fourth-order valence-corrected chi connectivity index (χ4v) is 2.29. The van der Waals surface area contributed by atoms with Crippen LogP contribution in [-0.4, -0.2) is 24.0 Å². The number of aryl methyl sites for hydroxylation is 2. The van der Waals surface area contributed by atoms with E-state index in [9.17, 15) is 4.79 Å². The molecule has 0 unspecified atom stereocenters. The normalized spacial score (nSPS) is 13.5. The first-order valence-electron chi connectivity index (χ1n) is 7.29. The summed E-state index contributed by atoms with van der Waals surface area (Å²) in [6, 6.07) is 4.26. The Bertz CT molecular complexity index is 431. The van der Waals surface area contributed by atoms with E-state index in [2.05, 4.69) is 34.7 Å². The molecule has 1 amide bonds. The average Bonchev–Trinajstić information content (AvgIpc) is 2.45. The molecule has 4 nitrogen and oxygen atoms in total. The minimum absolute atomic E-state index is 0.151. The summed E-state index contributed by atoms with van der Waals surface area (Å²) in [6.45, 7) is 3.85. The maximum absolute atomic E-state index is 11.5. The minimum Gasteiger partial charge on any atom is -0.370 e. The minimum atomic E-state index is 0.151. The van der Waals surface area contributed by atoms with Crippen molar-refractivity contribution in [1.82, 2.24) is 10.3 Å². The number of carbonyl (C=O) groups is 1. The standard InChI is InChI=1S/C15H23N3O/c1-2-10-16-14(19)7-3-6-13-9-8-12-5-4-11-17-15(12)18-13/h8-9H,2-7,10-11H2,1H3,(H,16,19)(H,17,18). The van der Waals surface area contributed by atoms with Crippen molar-refractivity contribution in [2.45, 2.75) is 45.4 Å². The highest BCUT2D eigenvalue weighted by Gasteiger charge is 2.10. The molecule has 0 radical (unpaired) electrons. The first-order valence-corrected chi connectivity index (χ1v) is 7.29. The molecule has 0 saturated heterocycles. The zero-order valence-electron chi connectivity index (χ0n) is 11.7. The Kier molecular flexibility index (Phi) is 5.19. The third kappa shape index (κ3) is 4.23. The van der Waals surface area contributed by atoms with Crippen molar-refractivity contribution in [3.8, 4) is 0 Å². The molecular formula is C15H23N3O. The van der Waals surface area contributed by atoms with Gasteiger partial charge in [-0.2, -0.15) is 0 Å². The number of aromatic nitrogens is 1. The van der Waals surface area contributed by atoms with E-state index in [1.807, 2.05) is 0 Å². The summed E-state index contributed by atoms with van der Waals surface area (Å²) >= 11 is 0. The number of rotatable bonds is 6. The number of amides is 1. The van der Waals surface area contributed by atoms with Gasteiger partial charge in [-0.25, -0.2) is 4.98 Å². The van der Waals surface area contributed by atoms with Crippen LogP contribution in [0.5, 0.6) is 0 Å². The molecule has 104 valence electrons. The lowest BCUT2D eigenvalue weighted by atomic mass is 10.1. The lowest BCUT2D eigenvalue weighted by Crippen LogP contribution is -2.23. The van der Waals surface area contributed by atoms with E-state index >= 15 is 0 Å². The van der Waals surface area contributed by atoms with Gasteiger partial charge in [0.05, 0.1) is 0 Å². The SMILES string of the molecule is CCCNC(=O)CCCc1ccc2c(n1)NCCC2. The van der Waals surface area contributed by atoms with E-state index in [4.69, 9.17) is 0 Å². The van der Waals surface area contributed by atoms with E-state index in [-0.39, 0.29) is 5.91 Å². The van der Waals surface area contributed by atoms with Gasteiger partial charge in [0, 0.05) is 25.2 Å².